The monoisotopic (exact) mass is 435 g/mol. The molecule has 0 unspecified atom stereocenters. The molecule has 1 fully saturated rings. The zero-order chi connectivity index (χ0) is 22.6. The first kappa shape index (κ1) is 19.6. The number of carbonyl (C=O) groups is 2. The fourth-order valence-electron chi connectivity index (χ4n) is 5.23. The van der Waals surface area contributed by atoms with Gasteiger partial charge in [0.25, 0.3) is 0 Å². The summed E-state index contributed by atoms with van der Waals surface area (Å²) in [4.78, 5) is 35.7. The van der Waals surface area contributed by atoms with Gasteiger partial charge in [-0.15, -0.1) is 0 Å². The van der Waals surface area contributed by atoms with Gasteiger partial charge in [-0.3, -0.25) is 9.78 Å². The van der Waals surface area contributed by atoms with Crippen LogP contribution in [0, 0.1) is 0 Å². The maximum Gasteiger partial charge on any atom is 0.354 e. The van der Waals surface area contributed by atoms with Crippen LogP contribution in [0.4, 0.5) is 5.69 Å². The number of para-hydroxylation sites is 1. The van der Waals surface area contributed by atoms with Crippen molar-refractivity contribution in [1.29, 1.82) is 0 Å². The van der Waals surface area contributed by atoms with E-state index in [9.17, 15) is 14.7 Å². The lowest BCUT2D eigenvalue weighted by molar-refractivity contribution is -0.126. The van der Waals surface area contributed by atoms with Crippen LogP contribution in [-0.2, 0) is 16.8 Å². The molecule has 6 nitrogen and oxygen atoms in total. The highest BCUT2D eigenvalue weighted by Crippen LogP contribution is 2.53. The summed E-state index contributed by atoms with van der Waals surface area (Å²) in [6.07, 6.45) is 6.24. The second-order valence-electron chi connectivity index (χ2n) is 8.75. The number of pyridine rings is 2. The Kier molecular flexibility index (Phi) is 4.30. The van der Waals surface area contributed by atoms with E-state index >= 15 is 0 Å². The minimum atomic E-state index is -1.07. The molecule has 2 aromatic carbocycles. The van der Waals surface area contributed by atoms with Gasteiger partial charge in [0.2, 0.25) is 5.91 Å². The van der Waals surface area contributed by atoms with Crippen molar-refractivity contribution in [3.8, 4) is 11.1 Å². The maximum absolute atomic E-state index is 13.6. The Labute approximate surface area is 190 Å². The van der Waals surface area contributed by atoms with Crippen molar-refractivity contribution in [2.75, 3.05) is 4.90 Å². The third-order valence-corrected chi connectivity index (χ3v) is 7.03. The molecule has 1 N–H and O–H groups in total. The number of carbonyl (C=O) groups excluding carboxylic acids is 1. The lowest BCUT2D eigenvalue weighted by Gasteiger charge is -2.37. The van der Waals surface area contributed by atoms with Gasteiger partial charge >= 0.3 is 5.97 Å². The van der Waals surface area contributed by atoms with E-state index in [1.54, 1.807) is 12.3 Å². The average Bonchev–Trinajstić information content (AvgIpc) is 3.07. The highest BCUT2D eigenvalue weighted by atomic mass is 16.4. The summed E-state index contributed by atoms with van der Waals surface area (Å²) in [5, 5.41) is 11.2. The summed E-state index contributed by atoms with van der Waals surface area (Å²) in [6.45, 7) is 0.346. The van der Waals surface area contributed by atoms with E-state index in [1.807, 2.05) is 53.6 Å². The van der Waals surface area contributed by atoms with Crippen molar-refractivity contribution in [2.24, 2.45) is 0 Å². The number of rotatable bonds is 4. The largest absolute Gasteiger partial charge is 0.477 e. The minimum Gasteiger partial charge on any atom is -0.477 e. The van der Waals surface area contributed by atoms with Crippen molar-refractivity contribution in [3.05, 3.63) is 90.0 Å². The number of carboxylic acids is 1. The lowest BCUT2D eigenvalue weighted by Crippen LogP contribution is -2.45. The van der Waals surface area contributed by atoms with Crippen LogP contribution in [-0.4, -0.2) is 27.0 Å². The van der Waals surface area contributed by atoms with Crippen LogP contribution >= 0.6 is 0 Å². The zero-order valence-electron chi connectivity index (χ0n) is 17.9. The first-order valence-corrected chi connectivity index (χ1v) is 11.1. The molecule has 6 heteroatoms. The molecule has 1 saturated carbocycles. The fourth-order valence-corrected chi connectivity index (χ4v) is 5.23. The Morgan fingerprint density at radius 3 is 2.48 bits per heavy atom. The number of aromatic carboxylic acids is 1. The summed E-state index contributed by atoms with van der Waals surface area (Å²) < 4.78 is 0. The molecule has 2 aliphatic rings. The van der Waals surface area contributed by atoms with Crippen LogP contribution in [0.15, 0.2) is 73.1 Å². The van der Waals surface area contributed by atoms with Crippen molar-refractivity contribution in [1.82, 2.24) is 9.97 Å². The third kappa shape index (κ3) is 2.87. The number of benzene rings is 2. The Morgan fingerprint density at radius 2 is 1.76 bits per heavy atom. The van der Waals surface area contributed by atoms with Crippen molar-refractivity contribution < 1.29 is 14.7 Å². The summed E-state index contributed by atoms with van der Waals surface area (Å²) in [5.74, 6) is -0.918. The van der Waals surface area contributed by atoms with Gasteiger partial charge in [0, 0.05) is 34.6 Å². The Hall–Kier alpha value is -4.06. The molecule has 3 heterocycles. The molecule has 6 rings (SSSR count). The van der Waals surface area contributed by atoms with E-state index in [4.69, 9.17) is 4.98 Å². The topological polar surface area (TPSA) is 83.4 Å². The first-order chi connectivity index (χ1) is 16.1. The van der Waals surface area contributed by atoms with Crippen molar-refractivity contribution >= 4 is 28.3 Å². The number of amides is 1. The molecule has 1 amide bonds. The number of aromatic nitrogens is 2. The molecule has 1 spiro atoms. The molecule has 0 atom stereocenters. The van der Waals surface area contributed by atoms with Gasteiger partial charge in [0.1, 0.15) is 5.69 Å². The third-order valence-electron chi connectivity index (χ3n) is 7.03. The van der Waals surface area contributed by atoms with Crippen LogP contribution in [0.2, 0.25) is 0 Å². The second-order valence-corrected chi connectivity index (χ2v) is 8.75. The molecule has 33 heavy (non-hydrogen) atoms. The summed E-state index contributed by atoms with van der Waals surface area (Å²) in [5.41, 5.74) is 4.09. The number of fused-ring (bicyclic) bond motifs is 3. The van der Waals surface area contributed by atoms with Crippen LogP contribution < -0.4 is 4.90 Å². The summed E-state index contributed by atoms with van der Waals surface area (Å²) in [7, 11) is 0. The van der Waals surface area contributed by atoms with Gasteiger partial charge in [0.05, 0.1) is 17.7 Å². The molecule has 2 aromatic heterocycles. The van der Waals surface area contributed by atoms with E-state index in [0.717, 1.165) is 58.1 Å². The van der Waals surface area contributed by atoms with Crippen molar-refractivity contribution in [3.63, 3.8) is 0 Å². The number of carboxylic acid groups (broad SMARTS) is 1. The smallest absolute Gasteiger partial charge is 0.354 e. The van der Waals surface area contributed by atoms with Gasteiger partial charge in [-0.2, -0.15) is 0 Å². The number of hydrogen-bond acceptors (Lipinski definition) is 4. The molecular formula is C27H21N3O3. The molecule has 4 aromatic rings. The van der Waals surface area contributed by atoms with Crippen LogP contribution in [0.3, 0.4) is 0 Å². The predicted molar refractivity (Wildman–Crippen MR) is 125 cm³/mol. The number of anilines is 1. The lowest BCUT2D eigenvalue weighted by atomic mass is 9.65. The number of nitrogens with zero attached hydrogens (tertiary/aromatic N) is 3. The zero-order valence-corrected chi connectivity index (χ0v) is 17.9. The quantitative estimate of drug-likeness (QED) is 0.490. The highest BCUT2D eigenvalue weighted by Gasteiger charge is 2.54. The van der Waals surface area contributed by atoms with Gasteiger partial charge in [0.15, 0.2) is 0 Å². The van der Waals surface area contributed by atoms with Crippen LogP contribution in [0.25, 0.3) is 21.9 Å². The first-order valence-electron chi connectivity index (χ1n) is 11.1. The van der Waals surface area contributed by atoms with Crippen LogP contribution in [0.5, 0.6) is 0 Å². The Bertz CT molecular complexity index is 1420. The fraction of sp³-hybridized carbons (Fsp3) is 0.185. The van der Waals surface area contributed by atoms with Gasteiger partial charge in [-0.1, -0.05) is 55.0 Å². The summed E-state index contributed by atoms with van der Waals surface area (Å²) >= 11 is 0. The average molecular weight is 435 g/mol. The van der Waals surface area contributed by atoms with Gasteiger partial charge < -0.3 is 10.0 Å². The SMILES string of the molecule is O=C(O)c1ccc(-c2c(CN3C(=O)C4(CCC4)c4ccccc43)ncc3ccccc23)cn1. The minimum absolute atomic E-state index is 0.0101. The van der Waals surface area contributed by atoms with E-state index < -0.39 is 11.4 Å². The van der Waals surface area contributed by atoms with E-state index in [2.05, 4.69) is 11.1 Å². The van der Waals surface area contributed by atoms with Crippen molar-refractivity contribution in [2.45, 2.75) is 31.2 Å². The Balaban J connectivity index is 1.49. The molecule has 1 aliphatic carbocycles. The highest BCUT2D eigenvalue weighted by molar-refractivity contribution is 6.09. The second kappa shape index (κ2) is 7.24. The van der Waals surface area contributed by atoms with E-state index in [0.29, 0.717) is 6.54 Å². The molecule has 0 bridgehead atoms. The summed E-state index contributed by atoms with van der Waals surface area (Å²) in [6, 6.07) is 19.3. The molecule has 1 aliphatic heterocycles. The normalized spacial score (nSPS) is 16.1. The molecule has 0 saturated heterocycles. The Morgan fingerprint density at radius 1 is 0.970 bits per heavy atom. The standard InChI is InChI=1S/C27H21N3O3/c31-25(32)21-11-10-18(15-28-21)24-19-7-2-1-6-17(19)14-29-22(24)16-30-23-9-4-3-8-20(23)27(26(30)33)12-5-13-27/h1-4,6-11,14-15H,5,12-13,16H2,(H,31,32). The molecule has 162 valence electrons. The predicted octanol–water partition coefficient (Wildman–Crippen LogP) is 4.96. The number of hydrogen-bond donors (Lipinski definition) is 1. The van der Waals surface area contributed by atoms with Crippen LogP contribution in [0.1, 0.15) is 41.0 Å². The van der Waals surface area contributed by atoms with Gasteiger partial charge in [-0.05, 0) is 35.9 Å². The van der Waals surface area contributed by atoms with Gasteiger partial charge in [-0.25, -0.2) is 9.78 Å². The van der Waals surface area contributed by atoms with E-state index in [-0.39, 0.29) is 11.6 Å². The maximum atomic E-state index is 13.6. The molecular weight excluding hydrogens is 414 g/mol. The van der Waals surface area contributed by atoms with E-state index in [1.165, 1.54) is 6.07 Å². The molecule has 0 radical (unpaired) electrons.